The molecule has 1 amide bonds. The Morgan fingerprint density at radius 1 is 1.11 bits per heavy atom. The van der Waals surface area contributed by atoms with Gasteiger partial charge in [0, 0.05) is 15.4 Å². The fourth-order valence-corrected chi connectivity index (χ4v) is 3.42. The molecule has 27 heavy (non-hydrogen) atoms. The molecule has 0 aliphatic carbocycles. The molecular formula is C20H18Cl2N2O2S. The Labute approximate surface area is 172 Å². The number of benzene rings is 2. The van der Waals surface area contributed by atoms with Crippen molar-refractivity contribution < 1.29 is 9.53 Å². The number of carbonyl (C=O) groups is 1. The summed E-state index contributed by atoms with van der Waals surface area (Å²) in [6, 6.07) is 14.5. The van der Waals surface area contributed by atoms with Gasteiger partial charge in [0.2, 0.25) is 5.91 Å². The molecular weight excluding hydrogens is 403 g/mol. The topological polar surface area (TPSA) is 51.2 Å². The van der Waals surface area contributed by atoms with Gasteiger partial charge >= 0.3 is 0 Å². The maximum absolute atomic E-state index is 12.3. The molecule has 1 heterocycles. The Balaban J connectivity index is 1.50. The highest BCUT2D eigenvalue weighted by molar-refractivity contribution is 7.09. The van der Waals surface area contributed by atoms with Crippen LogP contribution in [0, 0.1) is 0 Å². The van der Waals surface area contributed by atoms with Crippen LogP contribution in [-0.4, -0.2) is 10.9 Å². The maximum Gasteiger partial charge on any atom is 0.226 e. The number of ether oxygens (including phenoxy) is 1. The highest BCUT2D eigenvalue weighted by Crippen LogP contribution is 2.19. The molecule has 0 aliphatic rings. The molecule has 0 saturated carbocycles. The average Bonchev–Trinajstić information content (AvgIpc) is 3.09. The van der Waals surface area contributed by atoms with E-state index in [4.69, 9.17) is 27.9 Å². The first-order valence-corrected chi connectivity index (χ1v) is 9.99. The Morgan fingerprint density at radius 3 is 2.41 bits per heavy atom. The normalized spacial score (nSPS) is 11.8. The lowest BCUT2D eigenvalue weighted by Gasteiger charge is -2.14. The summed E-state index contributed by atoms with van der Waals surface area (Å²) in [6.45, 7) is 2.29. The number of rotatable bonds is 7. The van der Waals surface area contributed by atoms with Gasteiger partial charge in [-0.1, -0.05) is 35.3 Å². The summed E-state index contributed by atoms with van der Waals surface area (Å²) in [5, 5.41) is 7.01. The van der Waals surface area contributed by atoms with Crippen LogP contribution in [0.5, 0.6) is 5.75 Å². The van der Waals surface area contributed by atoms with Gasteiger partial charge in [0.1, 0.15) is 17.4 Å². The molecule has 0 unspecified atom stereocenters. The van der Waals surface area contributed by atoms with Gasteiger partial charge in [-0.25, -0.2) is 4.98 Å². The van der Waals surface area contributed by atoms with Crippen molar-refractivity contribution in [1.82, 2.24) is 10.3 Å². The Morgan fingerprint density at radius 2 is 1.74 bits per heavy atom. The first-order valence-electron chi connectivity index (χ1n) is 8.36. The number of hydrogen-bond donors (Lipinski definition) is 1. The number of halogens is 2. The summed E-state index contributed by atoms with van der Waals surface area (Å²) in [7, 11) is 0. The van der Waals surface area contributed by atoms with E-state index in [-0.39, 0.29) is 18.4 Å². The zero-order chi connectivity index (χ0) is 19.2. The van der Waals surface area contributed by atoms with Crippen LogP contribution in [-0.2, 0) is 17.8 Å². The number of aromatic nitrogens is 1. The van der Waals surface area contributed by atoms with Gasteiger partial charge in [0.15, 0.2) is 0 Å². The van der Waals surface area contributed by atoms with E-state index in [9.17, 15) is 4.79 Å². The summed E-state index contributed by atoms with van der Waals surface area (Å²) in [5.41, 5.74) is 1.73. The molecule has 3 rings (SSSR count). The lowest BCUT2D eigenvalue weighted by Crippen LogP contribution is -2.28. The molecule has 4 nitrogen and oxygen atoms in total. The standard InChI is InChI=1S/C20H18Cl2N2O2S/c1-13(14-2-4-15(21)5-3-14)23-19(25)10-17-12-27-20(24-17)11-26-18-8-6-16(22)7-9-18/h2-9,12-13H,10-11H2,1H3,(H,23,25)/t13-/m1/s1. The molecule has 1 N–H and O–H groups in total. The largest absolute Gasteiger partial charge is 0.486 e. The monoisotopic (exact) mass is 420 g/mol. The highest BCUT2D eigenvalue weighted by Gasteiger charge is 2.12. The molecule has 0 saturated heterocycles. The van der Waals surface area contributed by atoms with Crippen molar-refractivity contribution in [2.45, 2.75) is 26.0 Å². The van der Waals surface area contributed by atoms with Crippen molar-refractivity contribution in [1.29, 1.82) is 0 Å². The molecule has 0 spiro atoms. The molecule has 3 aromatic rings. The first kappa shape index (κ1) is 19.7. The van der Waals surface area contributed by atoms with E-state index in [2.05, 4.69) is 10.3 Å². The maximum atomic E-state index is 12.3. The number of nitrogens with one attached hydrogen (secondary N) is 1. The average molecular weight is 421 g/mol. The third-order valence-electron chi connectivity index (χ3n) is 3.86. The molecule has 0 bridgehead atoms. The summed E-state index contributed by atoms with van der Waals surface area (Å²) in [6.07, 6.45) is 0.232. The Bertz CT molecular complexity index is 895. The van der Waals surface area contributed by atoms with E-state index in [1.54, 1.807) is 12.1 Å². The van der Waals surface area contributed by atoms with E-state index in [1.807, 2.05) is 48.7 Å². The lowest BCUT2D eigenvalue weighted by atomic mass is 10.1. The van der Waals surface area contributed by atoms with Crippen LogP contribution in [0.25, 0.3) is 0 Å². The fourth-order valence-electron chi connectivity index (χ4n) is 2.46. The Kier molecular flexibility index (Phi) is 6.72. The van der Waals surface area contributed by atoms with Crippen LogP contribution in [0.2, 0.25) is 10.0 Å². The van der Waals surface area contributed by atoms with Gasteiger partial charge in [0.05, 0.1) is 18.2 Å². The van der Waals surface area contributed by atoms with Crippen LogP contribution in [0.15, 0.2) is 53.9 Å². The third kappa shape index (κ3) is 5.96. The van der Waals surface area contributed by atoms with Crippen molar-refractivity contribution in [3.8, 4) is 5.75 Å². The van der Waals surface area contributed by atoms with Gasteiger partial charge in [-0.15, -0.1) is 11.3 Å². The van der Waals surface area contributed by atoms with Gasteiger partial charge < -0.3 is 10.1 Å². The number of hydrogen-bond acceptors (Lipinski definition) is 4. The summed E-state index contributed by atoms with van der Waals surface area (Å²) >= 11 is 13.2. The van der Waals surface area contributed by atoms with E-state index in [1.165, 1.54) is 11.3 Å². The second kappa shape index (κ2) is 9.22. The molecule has 1 atom stereocenters. The van der Waals surface area contributed by atoms with Gasteiger partial charge in [-0.2, -0.15) is 0 Å². The smallest absolute Gasteiger partial charge is 0.226 e. The van der Waals surface area contributed by atoms with Crippen molar-refractivity contribution >= 4 is 40.4 Å². The number of nitrogens with zero attached hydrogens (tertiary/aromatic N) is 1. The predicted molar refractivity (Wildman–Crippen MR) is 110 cm³/mol. The first-order chi connectivity index (χ1) is 13.0. The quantitative estimate of drug-likeness (QED) is 0.552. The zero-order valence-electron chi connectivity index (χ0n) is 14.6. The zero-order valence-corrected chi connectivity index (χ0v) is 16.9. The fraction of sp³-hybridized carbons (Fsp3) is 0.200. The van der Waals surface area contributed by atoms with Crippen molar-refractivity contribution in [2.75, 3.05) is 0 Å². The van der Waals surface area contributed by atoms with Crippen LogP contribution < -0.4 is 10.1 Å². The van der Waals surface area contributed by atoms with Crippen molar-refractivity contribution in [3.63, 3.8) is 0 Å². The second-order valence-corrected chi connectivity index (χ2v) is 7.81. The van der Waals surface area contributed by atoms with Crippen LogP contribution in [0.3, 0.4) is 0 Å². The summed E-state index contributed by atoms with van der Waals surface area (Å²) in [4.78, 5) is 16.7. The van der Waals surface area contributed by atoms with Gasteiger partial charge in [-0.05, 0) is 48.9 Å². The highest BCUT2D eigenvalue weighted by atomic mass is 35.5. The van der Waals surface area contributed by atoms with E-state index in [0.717, 1.165) is 22.0 Å². The van der Waals surface area contributed by atoms with Crippen LogP contribution in [0.4, 0.5) is 0 Å². The minimum atomic E-state index is -0.0962. The lowest BCUT2D eigenvalue weighted by molar-refractivity contribution is -0.121. The SMILES string of the molecule is C[C@@H](NC(=O)Cc1csc(COc2ccc(Cl)cc2)n1)c1ccc(Cl)cc1. The van der Waals surface area contributed by atoms with Crippen LogP contribution >= 0.6 is 34.5 Å². The van der Waals surface area contributed by atoms with E-state index in [0.29, 0.717) is 16.7 Å². The molecule has 7 heteroatoms. The molecule has 0 aliphatic heterocycles. The molecule has 2 aromatic carbocycles. The van der Waals surface area contributed by atoms with Gasteiger partial charge in [-0.3, -0.25) is 4.79 Å². The minimum absolute atomic E-state index is 0.0760. The van der Waals surface area contributed by atoms with E-state index < -0.39 is 0 Å². The van der Waals surface area contributed by atoms with Crippen LogP contribution in [0.1, 0.15) is 29.2 Å². The third-order valence-corrected chi connectivity index (χ3v) is 5.24. The number of carbonyl (C=O) groups excluding carboxylic acids is 1. The van der Waals surface area contributed by atoms with E-state index >= 15 is 0 Å². The molecule has 0 radical (unpaired) electrons. The Hall–Kier alpha value is -2.08. The molecule has 140 valence electrons. The number of thiazole rings is 1. The summed E-state index contributed by atoms with van der Waals surface area (Å²) < 4.78 is 5.68. The minimum Gasteiger partial charge on any atom is -0.486 e. The number of amides is 1. The predicted octanol–water partition coefficient (Wildman–Crippen LogP) is 5.45. The van der Waals surface area contributed by atoms with Crippen molar-refractivity contribution in [3.05, 3.63) is 80.2 Å². The second-order valence-electron chi connectivity index (χ2n) is 5.99. The molecule has 0 fully saturated rings. The van der Waals surface area contributed by atoms with Crippen molar-refractivity contribution in [2.24, 2.45) is 0 Å². The molecule has 1 aromatic heterocycles. The summed E-state index contributed by atoms with van der Waals surface area (Å²) in [5.74, 6) is 0.651. The van der Waals surface area contributed by atoms with Gasteiger partial charge in [0.25, 0.3) is 0 Å².